The maximum absolute atomic E-state index is 12.3. The monoisotopic (exact) mass is 342 g/mol. The summed E-state index contributed by atoms with van der Waals surface area (Å²) in [5.41, 5.74) is 2.30. The van der Waals surface area contributed by atoms with Gasteiger partial charge in [0.1, 0.15) is 17.6 Å². The second kappa shape index (κ2) is 6.84. The van der Waals surface area contributed by atoms with Gasteiger partial charge >= 0.3 is 0 Å². The highest BCUT2D eigenvalue weighted by Gasteiger charge is 2.31. The Morgan fingerprint density at radius 3 is 3.00 bits per heavy atom. The Labute approximate surface area is 146 Å². The number of amides is 1. The number of pyridine rings is 1. The average molecular weight is 342 g/mol. The molecule has 1 N–H and O–H groups in total. The van der Waals surface area contributed by atoms with E-state index in [0.717, 1.165) is 49.6 Å². The second-order valence-electron chi connectivity index (χ2n) is 6.72. The molecule has 0 bridgehead atoms. The van der Waals surface area contributed by atoms with Gasteiger partial charge in [0.2, 0.25) is 0 Å². The number of hydrogen-bond acceptors (Lipinski definition) is 6. The number of morpholine rings is 1. The van der Waals surface area contributed by atoms with E-state index in [2.05, 4.69) is 27.3 Å². The van der Waals surface area contributed by atoms with E-state index in [1.165, 1.54) is 6.26 Å². The second-order valence-corrected chi connectivity index (χ2v) is 6.72. The van der Waals surface area contributed by atoms with Gasteiger partial charge in [-0.25, -0.2) is 4.98 Å². The van der Waals surface area contributed by atoms with Crippen LogP contribution in [0.1, 0.15) is 47.3 Å². The topological polar surface area (TPSA) is 80.5 Å². The van der Waals surface area contributed by atoms with E-state index in [4.69, 9.17) is 9.26 Å². The Kier molecular flexibility index (Phi) is 4.40. The van der Waals surface area contributed by atoms with Crippen LogP contribution in [0.4, 0.5) is 5.82 Å². The maximum Gasteiger partial charge on any atom is 0.256 e. The number of carbonyl (C=O) groups is 1. The van der Waals surface area contributed by atoms with E-state index < -0.39 is 0 Å². The normalized spacial score (nSPS) is 20.5. The van der Waals surface area contributed by atoms with Gasteiger partial charge in [0.25, 0.3) is 5.91 Å². The number of nitrogens with zero attached hydrogens (tertiary/aromatic N) is 3. The third-order valence-electron chi connectivity index (χ3n) is 4.63. The molecule has 0 radical (unpaired) electrons. The molecule has 132 valence electrons. The fourth-order valence-corrected chi connectivity index (χ4v) is 3.08. The van der Waals surface area contributed by atoms with E-state index >= 15 is 0 Å². The summed E-state index contributed by atoms with van der Waals surface area (Å²) in [6.45, 7) is 4.92. The van der Waals surface area contributed by atoms with Crippen molar-refractivity contribution in [1.29, 1.82) is 0 Å². The summed E-state index contributed by atoms with van der Waals surface area (Å²) in [5.74, 6) is 1.19. The third kappa shape index (κ3) is 3.66. The quantitative estimate of drug-likeness (QED) is 0.896. The Balaban J connectivity index is 1.35. The number of carbonyl (C=O) groups excluding carboxylic acids is 1. The molecule has 0 unspecified atom stereocenters. The maximum atomic E-state index is 12.3. The molecular weight excluding hydrogens is 320 g/mol. The molecule has 3 heterocycles. The summed E-state index contributed by atoms with van der Waals surface area (Å²) in [7, 11) is 0. The molecule has 1 aliphatic carbocycles. The molecule has 1 saturated heterocycles. The molecule has 0 aromatic carbocycles. The van der Waals surface area contributed by atoms with E-state index in [-0.39, 0.29) is 12.0 Å². The highest BCUT2D eigenvalue weighted by Crippen LogP contribution is 2.40. The number of aromatic nitrogens is 2. The summed E-state index contributed by atoms with van der Waals surface area (Å²) in [4.78, 5) is 19.1. The van der Waals surface area contributed by atoms with Crippen LogP contribution in [0.15, 0.2) is 29.1 Å². The van der Waals surface area contributed by atoms with Crippen LogP contribution in [0.2, 0.25) is 0 Å². The van der Waals surface area contributed by atoms with Crippen LogP contribution < -0.4 is 10.2 Å². The van der Waals surface area contributed by atoms with Crippen molar-refractivity contribution in [2.24, 2.45) is 0 Å². The lowest BCUT2D eigenvalue weighted by Crippen LogP contribution is -2.41. The van der Waals surface area contributed by atoms with Gasteiger partial charge in [-0.05, 0) is 31.4 Å². The first-order valence-electron chi connectivity index (χ1n) is 8.74. The minimum absolute atomic E-state index is 0.144. The van der Waals surface area contributed by atoms with Crippen LogP contribution in [0, 0.1) is 0 Å². The Morgan fingerprint density at radius 1 is 1.40 bits per heavy atom. The zero-order valence-corrected chi connectivity index (χ0v) is 14.3. The van der Waals surface area contributed by atoms with E-state index in [1.54, 1.807) is 0 Å². The van der Waals surface area contributed by atoms with Crippen molar-refractivity contribution in [1.82, 2.24) is 15.5 Å². The molecule has 1 atom stereocenters. The lowest BCUT2D eigenvalue weighted by atomic mass is 10.1. The van der Waals surface area contributed by atoms with Gasteiger partial charge in [-0.15, -0.1) is 0 Å². The molecule has 2 fully saturated rings. The fourth-order valence-electron chi connectivity index (χ4n) is 3.08. The number of rotatable bonds is 5. The predicted octanol–water partition coefficient (Wildman–Crippen LogP) is 2.10. The SMILES string of the molecule is C[C@H]1CN(c2ccc(CNC(=O)c3conc3C3CC3)cn2)CCO1. The molecule has 1 aliphatic heterocycles. The molecule has 4 rings (SSSR count). The van der Waals surface area contributed by atoms with E-state index in [1.807, 2.05) is 18.3 Å². The van der Waals surface area contributed by atoms with E-state index in [9.17, 15) is 4.79 Å². The molecular formula is C18H22N4O3. The van der Waals surface area contributed by atoms with Crippen molar-refractivity contribution < 1.29 is 14.1 Å². The highest BCUT2D eigenvalue weighted by molar-refractivity contribution is 5.95. The highest BCUT2D eigenvalue weighted by atomic mass is 16.5. The van der Waals surface area contributed by atoms with Crippen LogP contribution in [0.25, 0.3) is 0 Å². The minimum Gasteiger partial charge on any atom is -0.375 e. The van der Waals surface area contributed by atoms with Crippen molar-refractivity contribution >= 4 is 11.7 Å². The molecule has 2 aromatic rings. The average Bonchev–Trinajstić information content (AvgIpc) is 3.36. The Bertz CT molecular complexity index is 739. The van der Waals surface area contributed by atoms with E-state index in [0.29, 0.717) is 18.0 Å². The van der Waals surface area contributed by atoms with Gasteiger partial charge < -0.3 is 19.5 Å². The zero-order valence-electron chi connectivity index (χ0n) is 14.3. The lowest BCUT2D eigenvalue weighted by Gasteiger charge is -2.32. The van der Waals surface area contributed by atoms with Gasteiger partial charge in [-0.1, -0.05) is 11.2 Å². The molecule has 1 saturated carbocycles. The van der Waals surface area contributed by atoms with Gasteiger partial charge in [0.15, 0.2) is 0 Å². The van der Waals surface area contributed by atoms with Crippen LogP contribution in [0.3, 0.4) is 0 Å². The van der Waals surface area contributed by atoms with Crippen molar-refractivity contribution in [3.63, 3.8) is 0 Å². The Hall–Kier alpha value is -2.41. The number of anilines is 1. The van der Waals surface area contributed by atoms with Gasteiger partial charge in [0.05, 0.1) is 18.4 Å². The first-order chi connectivity index (χ1) is 12.2. The molecule has 1 amide bonds. The number of hydrogen-bond donors (Lipinski definition) is 1. The number of nitrogens with one attached hydrogen (secondary N) is 1. The summed E-state index contributed by atoms with van der Waals surface area (Å²) in [6, 6.07) is 3.99. The van der Waals surface area contributed by atoms with Crippen LogP contribution in [0.5, 0.6) is 0 Å². The third-order valence-corrected chi connectivity index (χ3v) is 4.63. The lowest BCUT2D eigenvalue weighted by molar-refractivity contribution is 0.0529. The minimum atomic E-state index is -0.144. The van der Waals surface area contributed by atoms with Gasteiger partial charge in [-0.3, -0.25) is 4.79 Å². The molecule has 2 aromatic heterocycles. The van der Waals surface area contributed by atoms with Crippen molar-refractivity contribution in [3.05, 3.63) is 41.4 Å². The van der Waals surface area contributed by atoms with Gasteiger partial charge in [-0.2, -0.15) is 0 Å². The largest absolute Gasteiger partial charge is 0.375 e. The summed E-state index contributed by atoms with van der Waals surface area (Å²) in [6.07, 6.45) is 5.63. The van der Waals surface area contributed by atoms with Crippen molar-refractivity contribution in [2.75, 3.05) is 24.6 Å². The molecule has 2 aliphatic rings. The predicted molar refractivity (Wildman–Crippen MR) is 91.5 cm³/mol. The smallest absolute Gasteiger partial charge is 0.256 e. The van der Waals surface area contributed by atoms with Crippen LogP contribution >= 0.6 is 0 Å². The fraction of sp³-hybridized carbons (Fsp3) is 0.500. The van der Waals surface area contributed by atoms with Crippen molar-refractivity contribution in [2.45, 2.75) is 38.3 Å². The van der Waals surface area contributed by atoms with Crippen LogP contribution in [-0.4, -0.2) is 41.8 Å². The summed E-state index contributed by atoms with van der Waals surface area (Å²) < 4.78 is 10.5. The van der Waals surface area contributed by atoms with Crippen molar-refractivity contribution in [3.8, 4) is 0 Å². The standard InChI is InChI=1S/C18H22N4O3/c1-12-10-22(6-7-24-12)16-5-2-13(8-19-16)9-20-18(23)15-11-25-21-17(15)14-3-4-14/h2,5,8,11-12,14H,3-4,6-7,9-10H2,1H3,(H,20,23)/t12-/m0/s1. The summed E-state index contributed by atoms with van der Waals surface area (Å²) in [5, 5.41) is 6.88. The number of ether oxygens (including phenoxy) is 1. The first kappa shape index (κ1) is 16.1. The first-order valence-corrected chi connectivity index (χ1v) is 8.74. The zero-order chi connectivity index (χ0) is 17.2. The molecule has 0 spiro atoms. The molecule has 7 heteroatoms. The molecule has 25 heavy (non-hydrogen) atoms. The van der Waals surface area contributed by atoms with Gasteiger partial charge in [0, 0.05) is 31.7 Å². The Morgan fingerprint density at radius 2 is 2.28 bits per heavy atom. The van der Waals surface area contributed by atoms with Crippen LogP contribution in [-0.2, 0) is 11.3 Å². The summed E-state index contributed by atoms with van der Waals surface area (Å²) >= 11 is 0. The molecule has 7 nitrogen and oxygen atoms in total.